The molecule has 21 heavy (non-hydrogen) atoms. The number of para-hydroxylation sites is 1. The Morgan fingerprint density at radius 3 is 2.57 bits per heavy atom. The molecule has 0 aliphatic carbocycles. The Hall–Kier alpha value is -1.48. The first-order chi connectivity index (χ1) is 10.1. The molecule has 0 N–H and O–H groups in total. The molecule has 1 heterocycles. The Labute approximate surface area is 131 Å². The summed E-state index contributed by atoms with van der Waals surface area (Å²) in [5.74, 6) is 1.35. The van der Waals surface area contributed by atoms with Crippen molar-refractivity contribution in [2.45, 2.75) is 53.2 Å². The SMILES string of the molecule is CCc1nn(CC)c(COc2ccccc2C(C)C)c1Cl. The minimum Gasteiger partial charge on any atom is -0.487 e. The summed E-state index contributed by atoms with van der Waals surface area (Å²) in [4.78, 5) is 0. The summed E-state index contributed by atoms with van der Waals surface area (Å²) in [6, 6.07) is 8.16. The molecule has 114 valence electrons. The molecule has 2 aromatic rings. The van der Waals surface area contributed by atoms with Crippen molar-refractivity contribution in [3.8, 4) is 5.75 Å². The molecule has 0 aliphatic rings. The Balaban J connectivity index is 2.23. The van der Waals surface area contributed by atoms with Gasteiger partial charge in [0.1, 0.15) is 12.4 Å². The van der Waals surface area contributed by atoms with E-state index >= 15 is 0 Å². The van der Waals surface area contributed by atoms with Gasteiger partial charge in [0.2, 0.25) is 0 Å². The summed E-state index contributed by atoms with van der Waals surface area (Å²) >= 11 is 6.41. The van der Waals surface area contributed by atoms with Crippen LogP contribution in [0.2, 0.25) is 5.02 Å². The molecule has 0 bridgehead atoms. The van der Waals surface area contributed by atoms with Crippen molar-refractivity contribution in [3.63, 3.8) is 0 Å². The normalized spacial score (nSPS) is 11.1. The number of aryl methyl sites for hydroxylation is 2. The zero-order valence-electron chi connectivity index (χ0n) is 13.2. The average Bonchev–Trinajstić information content (AvgIpc) is 2.80. The standard InChI is InChI=1S/C17H23ClN2O/c1-5-14-17(18)15(20(6-2)19-14)11-21-16-10-8-7-9-13(16)12(3)4/h7-10,12H,5-6,11H2,1-4H3. The van der Waals surface area contributed by atoms with Crippen molar-refractivity contribution in [2.24, 2.45) is 0 Å². The van der Waals surface area contributed by atoms with E-state index in [1.165, 1.54) is 5.56 Å². The highest BCUT2D eigenvalue weighted by Gasteiger charge is 2.15. The molecule has 0 aliphatic heterocycles. The third-order valence-corrected chi connectivity index (χ3v) is 4.04. The summed E-state index contributed by atoms with van der Waals surface area (Å²) in [5, 5.41) is 5.26. The van der Waals surface area contributed by atoms with E-state index in [9.17, 15) is 0 Å². The number of rotatable bonds is 6. The quantitative estimate of drug-likeness (QED) is 0.765. The Morgan fingerprint density at radius 1 is 1.24 bits per heavy atom. The van der Waals surface area contributed by atoms with Crippen molar-refractivity contribution >= 4 is 11.6 Å². The van der Waals surface area contributed by atoms with Gasteiger partial charge in [-0.15, -0.1) is 0 Å². The highest BCUT2D eigenvalue weighted by atomic mass is 35.5. The summed E-state index contributed by atoms with van der Waals surface area (Å²) < 4.78 is 7.95. The topological polar surface area (TPSA) is 27.1 Å². The van der Waals surface area contributed by atoms with Gasteiger partial charge < -0.3 is 4.74 Å². The summed E-state index contributed by atoms with van der Waals surface area (Å²) in [7, 11) is 0. The molecule has 2 rings (SSSR count). The van der Waals surface area contributed by atoms with Crippen LogP contribution in [0.3, 0.4) is 0 Å². The highest BCUT2D eigenvalue weighted by molar-refractivity contribution is 6.31. The van der Waals surface area contributed by atoms with Gasteiger partial charge in [0.05, 0.1) is 16.4 Å². The molecule has 0 atom stereocenters. The monoisotopic (exact) mass is 306 g/mol. The number of hydrogen-bond donors (Lipinski definition) is 0. The first kappa shape index (κ1) is 15.9. The predicted octanol–water partition coefficient (Wildman–Crippen LogP) is 4.82. The molecule has 0 unspecified atom stereocenters. The van der Waals surface area contributed by atoms with Gasteiger partial charge in [0.15, 0.2) is 0 Å². The van der Waals surface area contributed by atoms with E-state index < -0.39 is 0 Å². The van der Waals surface area contributed by atoms with Crippen molar-refractivity contribution in [1.29, 1.82) is 0 Å². The van der Waals surface area contributed by atoms with Crippen molar-refractivity contribution in [3.05, 3.63) is 46.2 Å². The summed E-state index contributed by atoms with van der Waals surface area (Å²) in [6.45, 7) is 9.70. The minimum atomic E-state index is 0.430. The van der Waals surface area contributed by atoms with Crippen LogP contribution in [0.5, 0.6) is 5.75 Å². The van der Waals surface area contributed by atoms with E-state index in [0.717, 1.165) is 35.1 Å². The van der Waals surface area contributed by atoms with Gasteiger partial charge in [-0.05, 0) is 30.9 Å². The average molecular weight is 307 g/mol. The van der Waals surface area contributed by atoms with Crippen LogP contribution in [0, 0.1) is 0 Å². The van der Waals surface area contributed by atoms with E-state index in [1.54, 1.807) is 0 Å². The lowest BCUT2D eigenvalue weighted by Crippen LogP contribution is -2.07. The minimum absolute atomic E-state index is 0.430. The lowest BCUT2D eigenvalue weighted by Gasteiger charge is -2.14. The van der Waals surface area contributed by atoms with Gasteiger partial charge in [0.25, 0.3) is 0 Å². The molecule has 4 heteroatoms. The maximum Gasteiger partial charge on any atom is 0.131 e. The number of ether oxygens (including phenoxy) is 1. The van der Waals surface area contributed by atoms with Gasteiger partial charge >= 0.3 is 0 Å². The molecule has 0 amide bonds. The van der Waals surface area contributed by atoms with Crippen molar-refractivity contribution in [2.75, 3.05) is 0 Å². The van der Waals surface area contributed by atoms with Crippen LogP contribution in [0.1, 0.15) is 50.6 Å². The smallest absolute Gasteiger partial charge is 0.131 e. The van der Waals surface area contributed by atoms with Crippen molar-refractivity contribution < 1.29 is 4.74 Å². The maximum absolute atomic E-state index is 6.41. The lowest BCUT2D eigenvalue weighted by atomic mass is 10.0. The van der Waals surface area contributed by atoms with Crippen LogP contribution in [0.15, 0.2) is 24.3 Å². The largest absolute Gasteiger partial charge is 0.487 e. The number of aromatic nitrogens is 2. The molecule has 0 saturated heterocycles. The second kappa shape index (κ2) is 6.99. The molecule has 0 saturated carbocycles. The predicted molar refractivity (Wildman–Crippen MR) is 87.2 cm³/mol. The van der Waals surface area contributed by atoms with E-state index in [1.807, 2.05) is 22.9 Å². The van der Waals surface area contributed by atoms with E-state index in [4.69, 9.17) is 16.3 Å². The Bertz CT molecular complexity index is 605. The van der Waals surface area contributed by atoms with Gasteiger partial charge in [-0.25, -0.2) is 0 Å². The molecule has 0 fully saturated rings. The number of hydrogen-bond acceptors (Lipinski definition) is 2. The fraction of sp³-hybridized carbons (Fsp3) is 0.471. The molecular weight excluding hydrogens is 284 g/mol. The lowest BCUT2D eigenvalue weighted by molar-refractivity contribution is 0.288. The first-order valence-corrected chi connectivity index (χ1v) is 7.92. The highest BCUT2D eigenvalue weighted by Crippen LogP contribution is 2.28. The fourth-order valence-electron chi connectivity index (χ4n) is 2.39. The van der Waals surface area contributed by atoms with Gasteiger partial charge in [-0.2, -0.15) is 5.10 Å². The third-order valence-electron chi connectivity index (χ3n) is 3.60. The van der Waals surface area contributed by atoms with E-state index in [2.05, 4.69) is 38.9 Å². The molecule has 0 spiro atoms. The molecular formula is C17H23ClN2O. The number of benzene rings is 1. The number of halogens is 1. The van der Waals surface area contributed by atoms with E-state index in [-0.39, 0.29) is 0 Å². The Morgan fingerprint density at radius 2 is 1.95 bits per heavy atom. The fourth-order valence-corrected chi connectivity index (χ4v) is 2.71. The van der Waals surface area contributed by atoms with Crippen LogP contribution in [0.4, 0.5) is 0 Å². The summed E-state index contributed by atoms with van der Waals surface area (Å²) in [6.07, 6.45) is 0.835. The van der Waals surface area contributed by atoms with Crippen LogP contribution in [-0.4, -0.2) is 9.78 Å². The molecule has 0 radical (unpaired) electrons. The summed E-state index contributed by atoms with van der Waals surface area (Å²) in [5.41, 5.74) is 3.11. The zero-order valence-corrected chi connectivity index (χ0v) is 13.9. The van der Waals surface area contributed by atoms with Gasteiger partial charge in [0, 0.05) is 6.54 Å². The van der Waals surface area contributed by atoms with E-state index in [0.29, 0.717) is 12.5 Å². The first-order valence-electron chi connectivity index (χ1n) is 7.54. The molecule has 3 nitrogen and oxygen atoms in total. The third kappa shape index (κ3) is 3.41. The second-order valence-corrected chi connectivity index (χ2v) is 5.74. The van der Waals surface area contributed by atoms with Crippen LogP contribution >= 0.6 is 11.6 Å². The second-order valence-electron chi connectivity index (χ2n) is 5.36. The zero-order chi connectivity index (χ0) is 15.4. The van der Waals surface area contributed by atoms with Crippen LogP contribution in [0.25, 0.3) is 0 Å². The van der Waals surface area contributed by atoms with Crippen LogP contribution < -0.4 is 4.74 Å². The van der Waals surface area contributed by atoms with Crippen molar-refractivity contribution in [1.82, 2.24) is 9.78 Å². The Kier molecular flexibility index (Phi) is 5.29. The maximum atomic E-state index is 6.41. The van der Waals surface area contributed by atoms with Crippen LogP contribution in [-0.2, 0) is 19.6 Å². The number of nitrogens with zero attached hydrogens (tertiary/aromatic N) is 2. The molecule has 1 aromatic carbocycles. The van der Waals surface area contributed by atoms with Gasteiger partial charge in [-0.3, -0.25) is 4.68 Å². The molecule has 1 aromatic heterocycles. The van der Waals surface area contributed by atoms with Gasteiger partial charge in [-0.1, -0.05) is 50.6 Å².